The van der Waals surface area contributed by atoms with Gasteiger partial charge in [0.1, 0.15) is 34.6 Å². The smallest absolute Gasteiger partial charge is 0.349 e. The second-order valence-corrected chi connectivity index (χ2v) is 8.91. The van der Waals surface area contributed by atoms with Crippen molar-refractivity contribution in [1.82, 2.24) is 0 Å². The van der Waals surface area contributed by atoms with Crippen LogP contribution in [0.3, 0.4) is 0 Å². The molecule has 0 fully saturated rings. The van der Waals surface area contributed by atoms with Crippen molar-refractivity contribution < 1.29 is 23.7 Å². The Balaban J connectivity index is 1.52. The number of unbranched alkanes of at least 4 members (excludes halogenated alkanes) is 2. The van der Waals surface area contributed by atoms with E-state index < -0.39 is 11.9 Å². The predicted octanol–water partition coefficient (Wildman–Crippen LogP) is 6.11. The Morgan fingerprint density at radius 1 is 1.03 bits per heavy atom. The second-order valence-electron chi connectivity index (χ2n) is 8.47. The van der Waals surface area contributed by atoms with Gasteiger partial charge in [0.2, 0.25) is 5.88 Å². The van der Waals surface area contributed by atoms with Gasteiger partial charge in [-0.15, -0.1) is 0 Å². The number of rotatable bonds is 10. The fourth-order valence-electron chi connectivity index (χ4n) is 4.03. The van der Waals surface area contributed by atoms with E-state index in [1.54, 1.807) is 42.5 Å². The number of carbonyl (C=O) groups is 1. The lowest BCUT2D eigenvalue weighted by Gasteiger charge is -2.27. The number of allylic oxidation sites excluding steroid dienone is 1. The van der Waals surface area contributed by atoms with Gasteiger partial charge < -0.3 is 24.7 Å². The zero-order chi connectivity index (χ0) is 26.2. The van der Waals surface area contributed by atoms with Gasteiger partial charge in [-0.05, 0) is 48.4 Å². The normalized spacial score (nSPS) is 14.2. The van der Waals surface area contributed by atoms with Crippen LogP contribution in [0.25, 0.3) is 0 Å². The number of carbonyl (C=O) groups excluding carboxylic acids is 1. The van der Waals surface area contributed by atoms with E-state index >= 15 is 0 Å². The van der Waals surface area contributed by atoms with Crippen LogP contribution in [0.15, 0.2) is 78.2 Å². The second kappa shape index (κ2) is 12.2. The van der Waals surface area contributed by atoms with E-state index in [1.807, 2.05) is 24.3 Å². The van der Waals surface area contributed by atoms with Gasteiger partial charge in [-0.2, -0.15) is 5.26 Å². The van der Waals surface area contributed by atoms with Crippen LogP contribution in [0.2, 0.25) is 5.02 Å². The van der Waals surface area contributed by atoms with Crippen molar-refractivity contribution in [2.45, 2.75) is 32.1 Å². The van der Waals surface area contributed by atoms with Crippen LogP contribution in [0.1, 0.15) is 43.2 Å². The van der Waals surface area contributed by atoms with E-state index in [0.29, 0.717) is 28.7 Å². The minimum Gasteiger partial charge on any atom is -0.494 e. The van der Waals surface area contributed by atoms with Gasteiger partial charge in [-0.3, -0.25) is 0 Å². The Kier molecular flexibility index (Phi) is 8.55. The van der Waals surface area contributed by atoms with E-state index in [1.165, 1.54) is 0 Å². The lowest BCUT2D eigenvalue weighted by atomic mass is 9.83. The van der Waals surface area contributed by atoms with E-state index in [-0.39, 0.29) is 18.2 Å². The minimum absolute atomic E-state index is 0.00188. The number of hydrogen-bond donors (Lipinski definition) is 1. The molecule has 0 saturated carbocycles. The summed E-state index contributed by atoms with van der Waals surface area (Å²) in [6.07, 6.45) is 3.19. The number of fused-ring (bicyclic) bond motifs is 1. The van der Waals surface area contributed by atoms with Crippen molar-refractivity contribution in [3.8, 4) is 29.1 Å². The summed E-state index contributed by atoms with van der Waals surface area (Å²) in [7, 11) is 0. The summed E-state index contributed by atoms with van der Waals surface area (Å²) in [6, 6.07) is 21.5. The summed E-state index contributed by atoms with van der Waals surface area (Å²) >= 11 is 5.94. The third-order valence-electron chi connectivity index (χ3n) is 5.78. The van der Waals surface area contributed by atoms with Gasteiger partial charge in [0, 0.05) is 16.7 Å². The first kappa shape index (κ1) is 25.9. The number of nitrogens with two attached hydrogens (primary N) is 1. The fraction of sp³-hybridized carbons (Fsp3) is 0.241. The van der Waals surface area contributed by atoms with Gasteiger partial charge in [0.25, 0.3) is 0 Å². The summed E-state index contributed by atoms with van der Waals surface area (Å²) in [6.45, 7) is 2.47. The third kappa shape index (κ3) is 6.54. The van der Waals surface area contributed by atoms with Gasteiger partial charge in [-0.25, -0.2) is 4.79 Å². The average Bonchev–Trinajstić information content (AvgIpc) is 2.89. The highest BCUT2D eigenvalue weighted by Gasteiger charge is 2.31. The minimum atomic E-state index is -0.596. The summed E-state index contributed by atoms with van der Waals surface area (Å²) < 4.78 is 22.5. The molecule has 37 heavy (non-hydrogen) atoms. The number of hydrogen-bond acceptors (Lipinski definition) is 7. The molecule has 1 atom stereocenters. The maximum Gasteiger partial charge on any atom is 0.349 e. The number of esters is 1. The highest BCUT2D eigenvalue weighted by atomic mass is 35.5. The molecular formula is C29H27ClN2O5. The molecule has 3 aromatic rings. The summed E-state index contributed by atoms with van der Waals surface area (Å²) in [5.74, 6) is 0.796. The number of ether oxygens (including phenoxy) is 4. The van der Waals surface area contributed by atoms with Crippen LogP contribution in [0.5, 0.6) is 23.0 Å². The van der Waals surface area contributed by atoms with Gasteiger partial charge >= 0.3 is 5.97 Å². The molecule has 1 unspecified atom stereocenters. The van der Waals surface area contributed by atoms with Gasteiger partial charge in [0.05, 0.1) is 12.5 Å². The van der Waals surface area contributed by atoms with Crippen LogP contribution in [-0.2, 0) is 4.79 Å². The predicted molar refractivity (Wildman–Crippen MR) is 140 cm³/mol. The van der Waals surface area contributed by atoms with Crippen molar-refractivity contribution in [2.75, 3.05) is 13.2 Å². The monoisotopic (exact) mass is 518 g/mol. The lowest BCUT2D eigenvalue weighted by Crippen LogP contribution is -2.21. The molecule has 0 spiro atoms. The first-order valence-corrected chi connectivity index (χ1v) is 12.4. The maximum atomic E-state index is 12.3. The summed E-state index contributed by atoms with van der Waals surface area (Å²) in [5.41, 5.74) is 8.00. The fourth-order valence-corrected chi connectivity index (χ4v) is 4.21. The molecule has 3 aromatic carbocycles. The molecule has 0 saturated heterocycles. The van der Waals surface area contributed by atoms with Crippen LogP contribution >= 0.6 is 11.6 Å². The first-order chi connectivity index (χ1) is 18.0. The average molecular weight is 519 g/mol. The number of benzene rings is 3. The van der Waals surface area contributed by atoms with Gasteiger partial charge in [0.15, 0.2) is 6.61 Å². The van der Waals surface area contributed by atoms with Gasteiger partial charge in [-0.1, -0.05) is 55.6 Å². The van der Waals surface area contributed by atoms with E-state index in [9.17, 15) is 10.1 Å². The van der Waals surface area contributed by atoms with Crippen molar-refractivity contribution in [1.29, 1.82) is 5.26 Å². The van der Waals surface area contributed by atoms with Crippen molar-refractivity contribution in [2.24, 2.45) is 5.73 Å². The Hall–Kier alpha value is -4.15. The Morgan fingerprint density at radius 2 is 1.81 bits per heavy atom. The van der Waals surface area contributed by atoms with Crippen LogP contribution < -0.4 is 24.7 Å². The molecule has 1 aliphatic heterocycles. The number of nitrogens with zero attached hydrogens (tertiary/aromatic N) is 1. The number of nitriles is 1. The zero-order valence-electron chi connectivity index (χ0n) is 20.4. The zero-order valence-corrected chi connectivity index (χ0v) is 21.2. The molecule has 4 rings (SSSR count). The van der Waals surface area contributed by atoms with E-state index in [2.05, 4.69) is 13.0 Å². The van der Waals surface area contributed by atoms with Crippen LogP contribution in [0, 0.1) is 11.3 Å². The van der Waals surface area contributed by atoms with Crippen molar-refractivity contribution in [3.63, 3.8) is 0 Å². The molecule has 8 heteroatoms. The van der Waals surface area contributed by atoms with Crippen LogP contribution in [-0.4, -0.2) is 19.2 Å². The highest BCUT2D eigenvalue weighted by Crippen LogP contribution is 2.44. The quantitative estimate of drug-likeness (QED) is 0.196. The Bertz CT molecular complexity index is 1350. The Morgan fingerprint density at radius 3 is 2.57 bits per heavy atom. The van der Waals surface area contributed by atoms with E-state index in [4.69, 9.17) is 36.3 Å². The standard InChI is InChI=1S/C29H27ClN2O5/c1-2-3-4-13-34-21-9-5-7-19(14-21)28-24-12-11-23(16-26(24)37-29(32)25(28)17-31)36-27(33)18-35-22-10-6-8-20(30)15-22/h5-12,14-16,28H,2-4,13,18,32H2,1H3. The SMILES string of the molecule is CCCCCOc1cccc(C2C(C#N)=C(N)Oc3cc(OC(=O)COc4cccc(Cl)c4)ccc32)c1. The summed E-state index contributed by atoms with van der Waals surface area (Å²) in [5, 5.41) is 10.3. The van der Waals surface area contributed by atoms with Crippen molar-refractivity contribution in [3.05, 3.63) is 94.3 Å². The molecule has 1 heterocycles. The molecule has 0 aliphatic carbocycles. The molecular weight excluding hydrogens is 492 g/mol. The molecule has 1 aliphatic rings. The molecule has 0 bridgehead atoms. The van der Waals surface area contributed by atoms with Crippen LogP contribution in [0.4, 0.5) is 0 Å². The molecule has 0 aromatic heterocycles. The van der Waals surface area contributed by atoms with E-state index in [0.717, 1.165) is 36.1 Å². The molecule has 7 nitrogen and oxygen atoms in total. The highest BCUT2D eigenvalue weighted by molar-refractivity contribution is 6.30. The molecule has 2 N–H and O–H groups in total. The largest absolute Gasteiger partial charge is 0.494 e. The molecule has 0 radical (unpaired) electrons. The Labute approximate surface area is 221 Å². The third-order valence-corrected chi connectivity index (χ3v) is 6.02. The van der Waals surface area contributed by atoms with Crippen molar-refractivity contribution >= 4 is 17.6 Å². The molecule has 190 valence electrons. The number of halogens is 1. The maximum absolute atomic E-state index is 12.3. The summed E-state index contributed by atoms with van der Waals surface area (Å²) in [4.78, 5) is 12.3. The topological polar surface area (TPSA) is 104 Å². The first-order valence-electron chi connectivity index (χ1n) is 12.0. The molecule has 0 amide bonds. The lowest BCUT2D eigenvalue weighted by molar-refractivity contribution is -0.136.